The van der Waals surface area contributed by atoms with Crippen molar-refractivity contribution >= 4 is 32.8 Å². The predicted molar refractivity (Wildman–Crippen MR) is 124 cm³/mol. The minimum absolute atomic E-state index is 0.00485. The Kier molecular flexibility index (Phi) is 7.06. The number of benzene rings is 2. The van der Waals surface area contributed by atoms with Gasteiger partial charge < -0.3 is 8.98 Å². The Morgan fingerprint density at radius 1 is 1.03 bits per heavy atom. The first-order valence-electron chi connectivity index (χ1n) is 10.5. The van der Waals surface area contributed by atoms with Crippen molar-refractivity contribution in [3.63, 3.8) is 0 Å². The van der Waals surface area contributed by atoms with E-state index in [1.165, 1.54) is 22.7 Å². The van der Waals surface area contributed by atoms with Gasteiger partial charge in [-0.1, -0.05) is 25.6 Å². The van der Waals surface area contributed by atoms with Gasteiger partial charge in [-0.2, -0.15) is 4.31 Å². The number of fused-ring (bicyclic) bond motifs is 1. The standard InChI is InChI=1S/C23H22F3N3O3S2/c1-3-28(4-2)34(30,31)17-7-8-22-21(11-17)27-23(29(22)13-16-6-5-9-32-16)33-14-15-10-19(25)20(26)12-18(15)24/h5-12H,3-4,13-14H2,1-2H3. The highest BCUT2D eigenvalue weighted by Gasteiger charge is 2.23. The Hall–Kier alpha value is -2.76. The van der Waals surface area contributed by atoms with Crippen molar-refractivity contribution in [1.82, 2.24) is 13.9 Å². The zero-order valence-corrected chi connectivity index (χ0v) is 20.1. The van der Waals surface area contributed by atoms with Gasteiger partial charge in [0.05, 0.1) is 28.7 Å². The summed E-state index contributed by atoms with van der Waals surface area (Å²) in [4.78, 5) is 4.69. The van der Waals surface area contributed by atoms with Crippen molar-refractivity contribution < 1.29 is 26.0 Å². The molecule has 0 fully saturated rings. The number of rotatable bonds is 9. The molecule has 0 aliphatic heterocycles. The summed E-state index contributed by atoms with van der Waals surface area (Å²) in [5, 5.41) is 0.452. The SMILES string of the molecule is CCN(CC)S(=O)(=O)c1ccc2c(c1)nc(SCc1cc(F)c(F)cc1F)n2Cc1ccco1. The molecule has 180 valence electrons. The molecule has 0 radical (unpaired) electrons. The quantitative estimate of drug-likeness (QED) is 0.223. The van der Waals surface area contributed by atoms with E-state index in [0.717, 1.165) is 17.8 Å². The van der Waals surface area contributed by atoms with Crippen molar-refractivity contribution in [3.8, 4) is 0 Å². The van der Waals surface area contributed by atoms with Crippen molar-refractivity contribution in [1.29, 1.82) is 0 Å². The Labute approximate surface area is 199 Å². The van der Waals surface area contributed by atoms with Gasteiger partial charge >= 0.3 is 0 Å². The third-order valence-electron chi connectivity index (χ3n) is 5.37. The highest BCUT2D eigenvalue weighted by molar-refractivity contribution is 7.98. The van der Waals surface area contributed by atoms with Gasteiger partial charge in [-0.3, -0.25) is 0 Å². The molecule has 0 atom stereocenters. The first-order valence-corrected chi connectivity index (χ1v) is 13.0. The van der Waals surface area contributed by atoms with Crippen LogP contribution < -0.4 is 0 Å². The van der Waals surface area contributed by atoms with Crippen molar-refractivity contribution in [2.75, 3.05) is 13.1 Å². The molecule has 2 aromatic heterocycles. The lowest BCUT2D eigenvalue weighted by atomic mass is 10.2. The van der Waals surface area contributed by atoms with Gasteiger partial charge in [0.15, 0.2) is 16.8 Å². The number of furan rings is 1. The topological polar surface area (TPSA) is 68.3 Å². The maximum Gasteiger partial charge on any atom is 0.243 e. The van der Waals surface area contributed by atoms with Crippen LogP contribution in [0.5, 0.6) is 0 Å². The Balaban J connectivity index is 1.74. The van der Waals surface area contributed by atoms with Gasteiger partial charge in [0.1, 0.15) is 11.6 Å². The van der Waals surface area contributed by atoms with Crippen molar-refractivity contribution in [2.24, 2.45) is 0 Å². The minimum atomic E-state index is -3.68. The Morgan fingerprint density at radius 2 is 1.76 bits per heavy atom. The molecule has 0 saturated carbocycles. The van der Waals surface area contributed by atoms with E-state index in [-0.39, 0.29) is 16.2 Å². The molecule has 34 heavy (non-hydrogen) atoms. The zero-order valence-electron chi connectivity index (χ0n) is 18.5. The first-order chi connectivity index (χ1) is 16.2. The van der Waals surface area contributed by atoms with Crippen LogP contribution in [0.4, 0.5) is 13.2 Å². The van der Waals surface area contributed by atoms with E-state index in [4.69, 9.17) is 4.42 Å². The molecule has 0 unspecified atom stereocenters. The number of hydrogen-bond donors (Lipinski definition) is 0. The van der Waals surface area contributed by atoms with Gasteiger partial charge in [-0.25, -0.2) is 26.6 Å². The van der Waals surface area contributed by atoms with Gasteiger partial charge in [-0.15, -0.1) is 0 Å². The highest BCUT2D eigenvalue weighted by atomic mass is 32.2. The molecule has 11 heteroatoms. The number of thioether (sulfide) groups is 1. The van der Waals surface area contributed by atoms with E-state index in [2.05, 4.69) is 4.98 Å². The van der Waals surface area contributed by atoms with E-state index in [9.17, 15) is 21.6 Å². The van der Waals surface area contributed by atoms with Gasteiger partial charge in [-0.05, 0) is 36.4 Å². The summed E-state index contributed by atoms with van der Waals surface area (Å²) in [6.07, 6.45) is 1.53. The summed E-state index contributed by atoms with van der Waals surface area (Å²) in [6, 6.07) is 9.57. The second kappa shape index (κ2) is 9.85. The average Bonchev–Trinajstić information content (AvgIpc) is 3.44. The third kappa shape index (κ3) is 4.73. The molecule has 0 bridgehead atoms. The molecule has 4 aromatic rings. The summed E-state index contributed by atoms with van der Waals surface area (Å²) in [6.45, 7) is 4.51. The molecule has 4 rings (SSSR count). The first kappa shape index (κ1) is 24.4. The lowest BCUT2D eigenvalue weighted by molar-refractivity contribution is 0.445. The van der Waals surface area contributed by atoms with Gasteiger partial charge in [0.25, 0.3) is 0 Å². The molecule has 0 N–H and O–H groups in total. The van der Waals surface area contributed by atoms with Gasteiger partial charge in [0, 0.05) is 30.5 Å². The van der Waals surface area contributed by atoms with E-state index >= 15 is 0 Å². The minimum Gasteiger partial charge on any atom is -0.467 e. The highest BCUT2D eigenvalue weighted by Crippen LogP contribution is 2.31. The van der Waals surface area contributed by atoms with Crippen LogP contribution in [0.1, 0.15) is 25.2 Å². The number of sulfonamides is 1. The molecule has 0 saturated heterocycles. The zero-order chi connectivity index (χ0) is 24.5. The molecule has 0 aliphatic rings. The van der Waals surface area contributed by atoms with E-state index in [1.807, 2.05) is 4.57 Å². The van der Waals surface area contributed by atoms with Crippen LogP contribution in [0.25, 0.3) is 11.0 Å². The summed E-state index contributed by atoms with van der Waals surface area (Å²) >= 11 is 1.13. The monoisotopic (exact) mass is 509 g/mol. The van der Waals surface area contributed by atoms with Gasteiger partial charge in [0.2, 0.25) is 10.0 Å². The summed E-state index contributed by atoms with van der Waals surface area (Å²) in [7, 11) is -3.68. The van der Waals surface area contributed by atoms with E-state index in [0.29, 0.717) is 47.7 Å². The van der Waals surface area contributed by atoms with E-state index < -0.39 is 27.5 Å². The van der Waals surface area contributed by atoms with Crippen molar-refractivity contribution in [3.05, 3.63) is 77.5 Å². The van der Waals surface area contributed by atoms with Crippen LogP contribution in [0.15, 0.2) is 63.2 Å². The fourth-order valence-electron chi connectivity index (χ4n) is 3.60. The Bertz CT molecular complexity index is 1420. The molecule has 2 heterocycles. The average molecular weight is 510 g/mol. The third-order valence-corrected chi connectivity index (χ3v) is 8.44. The molecule has 0 amide bonds. The van der Waals surface area contributed by atoms with Crippen LogP contribution in [-0.2, 0) is 22.3 Å². The number of aromatic nitrogens is 2. The van der Waals surface area contributed by atoms with Crippen LogP contribution in [0, 0.1) is 17.5 Å². The Morgan fingerprint density at radius 3 is 2.44 bits per heavy atom. The molecule has 6 nitrogen and oxygen atoms in total. The lowest BCUT2D eigenvalue weighted by Gasteiger charge is -2.18. The normalized spacial score (nSPS) is 12.2. The van der Waals surface area contributed by atoms with E-state index in [1.54, 1.807) is 32.0 Å². The molecular formula is C23H22F3N3O3S2. The molecule has 0 spiro atoms. The maximum absolute atomic E-state index is 14.1. The number of imidazole rings is 1. The largest absolute Gasteiger partial charge is 0.467 e. The lowest BCUT2D eigenvalue weighted by Crippen LogP contribution is -2.30. The van der Waals surface area contributed by atoms with Crippen LogP contribution in [0.3, 0.4) is 0 Å². The summed E-state index contributed by atoms with van der Waals surface area (Å²) < 4.78 is 75.6. The maximum atomic E-state index is 14.1. The summed E-state index contributed by atoms with van der Waals surface area (Å²) in [5.74, 6) is -2.60. The second-order valence-electron chi connectivity index (χ2n) is 7.45. The summed E-state index contributed by atoms with van der Waals surface area (Å²) in [5.41, 5.74) is 1.08. The van der Waals surface area contributed by atoms with Crippen molar-refractivity contribution in [2.45, 2.75) is 36.2 Å². The fourth-order valence-corrected chi connectivity index (χ4v) is 6.06. The number of hydrogen-bond acceptors (Lipinski definition) is 5. The predicted octanol–water partition coefficient (Wildman–Crippen LogP) is 5.42. The molecular weight excluding hydrogens is 487 g/mol. The second-order valence-corrected chi connectivity index (χ2v) is 10.3. The fraction of sp³-hybridized carbons (Fsp3) is 0.261. The molecule has 0 aliphatic carbocycles. The number of nitrogens with zero attached hydrogens (tertiary/aromatic N) is 3. The molecule has 2 aromatic carbocycles. The smallest absolute Gasteiger partial charge is 0.243 e. The number of halogens is 3. The van der Waals surface area contributed by atoms with Crippen LogP contribution in [-0.4, -0.2) is 35.4 Å². The van der Waals surface area contributed by atoms with Crippen LogP contribution >= 0.6 is 11.8 Å². The van der Waals surface area contributed by atoms with Crippen LogP contribution in [0.2, 0.25) is 0 Å².